The number of hydrogen-bond acceptors (Lipinski definition) is 3. The summed E-state index contributed by atoms with van der Waals surface area (Å²) in [6.07, 6.45) is 0. The zero-order chi connectivity index (χ0) is 10.9. The first-order valence-electron chi connectivity index (χ1n) is 4.16. The molecule has 0 rings (SSSR count). The van der Waals surface area contributed by atoms with E-state index in [1.807, 2.05) is 0 Å². The second-order valence-electron chi connectivity index (χ2n) is 0.756. The minimum absolute atomic E-state index is 0.677. The summed E-state index contributed by atoms with van der Waals surface area (Å²) in [6.45, 7) is -3.28. The van der Waals surface area contributed by atoms with Gasteiger partial charge >= 0.3 is 5.97 Å². The summed E-state index contributed by atoms with van der Waals surface area (Å²) < 4.78 is 39.9. The van der Waals surface area contributed by atoms with E-state index in [1.54, 1.807) is 0 Å². The van der Waals surface area contributed by atoms with Gasteiger partial charge in [-0.1, -0.05) is 0 Å². The van der Waals surface area contributed by atoms with Crippen molar-refractivity contribution in [3.05, 3.63) is 0 Å². The average molecular weight is 111 g/mol. The van der Waals surface area contributed by atoms with E-state index in [2.05, 4.69) is 5.11 Å². The maximum atomic E-state index is 10.4. The van der Waals surface area contributed by atoms with Gasteiger partial charge in [-0.15, -0.1) is 0 Å². The van der Waals surface area contributed by atoms with Crippen molar-refractivity contribution in [1.82, 2.24) is 0 Å². The Hall–Kier alpha value is -0.610. The summed E-state index contributed by atoms with van der Waals surface area (Å²) in [6, 6.07) is -3.30. The quantitative estimate of drug-likeness (QED) is 0.407. The van der Waals surface area contributed by atoms with Gasteiger partial charge in [0.15, 0.2) is 0 Å². The van der Waals surface area contributed by atoms with Crippen LogP contribution in [0, 0.1) is 0 Å². The number of hydrogen-bond donors (Lipinski definition) is 3. The van der Waals surface area contributed by atoms with E-state index in [-0.39, 0.29) is 0 Å². The highest BCUT2D eigenvalue weighted by Gasteiger charge is 2.06. The van der Waals surface area contributed by atoms with E-state index < -0.39 is 24.3 Å². The van der Waals surface area contributed by atoms with Crippen LogP contribution in [0.15, 0.2) is 0 Å². The second-order valence-corrected chi connectivity index (χ2v) is 0.756. The third kappa shape index (κ3) is 2.13. The molecule has 0 spiro atoms. The minimum Gasteiger partial charge on any atom is -0.480 e. The van der Waals surface area contributed by atoms with Crippen molar-refractivity contribution in [1.29, 1.82) is 1.43 Å². The Kier molecular flexibility index (Phi) is 0.520. The monoisotopic (exact) mass is 111 g/mol. The molecule has 7 heavy (non-hydrogen) atoms. The summed E-state index contributed by atoms with van der Waals surface area (Å²) in [5.74, 6) is -2.09. The SMILES string of the molecule is [2H]OC([2H])([2H])[C@@]([2H])(C(=O)O)N([2H])[2H]. The van der Waals surface area contributed by atoms with Crippen molar-refractivity contribution in [2.75, 3.05) is 6.56 Å². The molecule has 0 fully saturated rings. The Bertz CT molecular complexity index is 209. The fourth-order valence-corrected chi connectivity index (χ4v) is 0.0437. The molecule has 4 N–H and O–H groups in total. The van der Waals surface area contributed by atoms with E-state index in [9.17, 15) is 4.79 Å². The molecule has 1 atom stereocenters. The Morgan fingerprint density at radius 3 is 3.43 bits per heavy atom. The van der Waals surface area contributed by atoms with Gasteiger partial charge in [-0.25, -0.2) is 0 Å². The van der Waals surface area contributed by atoms with Crippen LogP contribution in [-0.4, -0.2) is 30.2 Å². The van der Waals surface area contributed by atoms with E-state index in [1.165, 1.54) is 0 Å². The number of carbonyl (C=O) groups is 1. The molecule has 0 aromatic carbocycles. The van der Waals surface area contributed by atoms with Crippen molar-refractivity contribution < 1.29 is 21.9 Å². The standard InChI is InChI=1S/C3H7NO3/c4-2(1-5)3(6)7/h2,5H,1,4H2,(H,6,7)/t2-/m0/s1/i1D2,2D,5D/hD2. The van der Waals surface area contributed by atoms with E-state index in [0.717, 1.165) is 0 Å². The van der Waals surface area contributed by atoms with Gasteiger partial charge in [0.05, 0.1) is 10.7 Å². The van der Waals surface area contributed by atoms with Crippen molar-refractivity contribution in [2.45, 2.75) is 6.02 Å². The van der Waals surface area contributed by atoms with Crippen LogP contribution in [0.1, 0.15) is 4.11 Å². The molecule has 0 aromatic heterocycles. The first kappa shape index (κ1) is 1.43. The lowest BCUT2D eigenvalue weighted by molar-refractivity contribution is -0.139. The van der Waals surface area contributed by atoms with Gasteiger partial charge in [0.25, 0.3) is 0 Å². The van der Waals surface area contributed by atoms with Crippen molar-refractivity contribution in [3.8, 4) is 0 Å². The van der Waals surface area contributed by atoms with Crippen LogP contribution in [0.4, 0.5) is 0 Å². The third-order valence-electron chi connectivity index (χ3n) is 0.299. The molecule has 0 amide bonds. The Labute approximate surface area is 49.2 Å². The fourth-order valence-electron chi connectivity index (χ4n) is 0.0437. The van der Waals surface area contributed by atoms with Gasteiger partial charge < -0.3 is 15.9 Å². The zero-order valence-corrected chi connectivity index (χ0v) is 3.21. The lowest BCUT2D eigenvalue weighted by atomic mass is 10.3. The normalized spacial score (nSPS) is 32.7. The minimum atomic E-state index is -3.30. The van der Waals surface area contributed by atoms with Gasteiger partial charge in [-0.2, -0.15) is 0 Å². The Balaban J connectivity index is 5.13. The predicted octanol–water partition coefficient (Wildman–Crippen LogP) is -1.61. The van der Waals surface area contributed by atoms with Crippen LogP contribution in [-0.2, 0) is 4.79 Å². The Morgan fingerprint density at radius 1 is 2.57 bits per heavy atom. The molecule has 0 bridgehead atoms. The van der Waals surface area contributed by atoms with Crippen LogP contribution in [0.2, 0.25) is 2.82 Å². The third-order valence-corrected chi connectivity index (χ3v) is 0.299. The summed E-state index contributed by atoms with van der Waals surface area (Å²) in [5.41, 5.74) is -0.677. The summed E-state index contributed by atoms with van der Waals surface area (Å²) >= 11 is 0. The molecule has 0 unspecified atom stereocenters. The predicted molar refractivity (Wildman–Crippen MR) is 22.7 cm³/mol. The second kappa shape index (κ2) is 2.54. The van der Waals surface area contributed by atoms with Crippen LogP contribution >= 0.6 is 0 Å². The molecule has 0 aromatic rings. The maximum Gasteiger partial charge on any atom is 0.322 e. The van der Waals surface area contributed by atoms with Crippen LogP contribution in [0.3, 0.4) is 0 Å². The molecule has 0 radical (unpaired) electrons. The number of aliphatic carboxylic acids is 1. The molecule has 0 saturated heterocycles. The molecule has 4 nitrogen and oxygen atoms in total. The maximum absolute atomic E-state index is 10.4. The van der Waals surface area contributed by atoms with Gasteiger partial charge in [0, 0.05) is 0 Å². The highest BCUT2D eigenvalue weighted by molar-refractivity contribution is 5.73. The summed E-state index contributed by atoms with van der Waals surface area (Å²) in [5, 5.41) is 11.8. The topological polar surface area (TPSA) is 83.5 Å². The largest absolute Gasteiger partial charge is 0.480 e. The van der Waals surface area contributed by atoms with Crippen LogP contribution < -0.4 is 5.72 Å². The molecular weight excluding hydrogens is 98.0 g/mol. The molecule has 4 heteroatoms. The highest BCUT2D eigenvalue weighted by Crippen LogP contribution is 1.71. The average Bonchev–Trinajstić information content (AvgIpc) is 2.01. The number of carboxylic acid groups (broad SMARTS) is 1. The lowest BCUT2D eigenvalue weighted by Gasteiger charge is -1.96. The fraction of sp³-hybridized carbons (Fsp3) is 0.667. The molecule has 0 aliphatic carbocycles. The van der Waals surface area contributed by atoms with Crippen LogP contribution in [0.5, 0.6) is 0 Å². The van der Waals surface area contributed by atoms with E-state index in [0.29, 0.717) is 0 Å². The smallest absolute Gasteiger partial charge is 0.322 e. The van der Waals surface area contributed by atoms with Crippen LogP contribution in [0.25, 0.3) is 0 Å². The highest BCUT2D eigenvalue weighted by atomic mass is 16.4. The number of nitrogens with two attached hydrogens (primary N) is 1. The molecule has 0 aliphatic rings. The summed E-state index contributed by atoms with van der Waals surface area (Å²) in [4.78, 5) is 10.4. The number of rotatable bonds is 4. The number of carboxylic acids is 1. The molecule has 0 saturated carbocycles. The molecule has 0 heterocycles. The van der Waals surface area contributed by atoms with Crippen molar-refractivity contribution >= 4 is 5.97 Å². The summed E-state index contributed by atoms with van der Waals surface area (Å²) in [7, 11) is 0. The van der Waals surface area contributed by atoms with Gasteiger partial charge in [0.2, 0.25) is 1.43 Å². The lowest BCUT2D eigenvalue weighted by Crippen LogP contribution is -2.33. The van der Waals surface area contributed by atoms with Crippen molar-refractivity contribution in [2.24, 2.45) is 5.72 Å². The van der Waals surface area contributed by atoms with Gasteiger partial charge in [-0.3, -0.25) is 4.79 Å². The molecule has 42 valence electrons. The van der Waals surface area contributed by atoms with Gasteiger partial charge in [-0.05, 0) is 0 Å². The Morgan fingerprint density at radius 2 is 3.29 bits per heavy atom. The number of aliphatic hydroxyl groups is 1. The first-order valence-corrected chi connectivity index (χ1v) is 1.36. The molecule has 0 aliphatic heterocycles. The first-order chi connectivity index (χ1) is 5.70. The van der Waals surface area contributed by atoms with Crippen molar-refractivity contribution in [3.63, 3.8) is 0 Å². The zero-order valence-electron chi connectivity index (χ0n) is 9.21. The van der Waals surface area contributed by atoms with E-state index in [4.69, 9.17) is 13.5 Å². The molecular formula is C3H7NO3. The van der Waals surface area contributed by atoms with E-state index >= 15 is 0 Å². The van der Waals surface area contributed by atoms with Gasteiger partial charge in [0.1, 0.15) is 8.84 Å².